The number of allylic oxidation sites excluding steroid dienone is 1. The van der Waals surface area contributed by atoms with E-state index in [1.54, 1.807) is 0 Å². The van der Waals surface area contributed by atoms with E-state index in [4.69, 9.17) is 9.97 Å². The summed E-state index contributed by atoms with van der Waals surface area (Å²) in [5.41, 5.74) is 7.59. The number of nitrogens with zero attached hydrogens (tertiary/aromatic N) is 4. The number of aryl methyl sites for hydroxylation is 2. The SMILES string of the molecule is CCC1(CC)C=C(C)C2N(c3ccccc3)c3nc4c(nc3N2c2ccccc21)CCCC4. The quantitative estimate of drug-likeness (QED) is 0.414. The molecule has 6 rings (SSSR count). The number of hydrogen-bond acceptors (Lipinski definition) is 4. The minimum absolute atomic E-state index is 0.0230. The molecule has 168 valence electrons. The Labute approximate surface area is 197 Å². The van der Waals surface area contributed by atoms with Crippen molar-refractivity contribution in [3.63, 3.8) is 0 Å². The van der Waals surface area contributed by atoms with Crippen LogP contribution in [0.2, 0.25) is 0 Å². The van der Waals surface area contributed by atoms with E-state index in [0.29, 0.717) is 0 Å². The van der Waals surface area contributed by atoms with Gasteiger partial charge < -0.3 is 0 Å². The van der Waals surface area contributed by atoms with Crippen LogP contribution in [0.5, 0.6) is 0 Å². The van der Waals surface area contributed by atoms with Crippen molar-refractivity contribution in [3.05, 3.63) is 83.2 Å². The highest BCUT2D eigenvalue weighted by atomic mass is 15.5. The molecule has 4 heteroatoms. The minimum Gasteiger partial charge on any atom is -0.298 e. The first-order chi connectivity index (χ1) is 16.2. The Balaban J connectivity index is 1.66. The lowest BCUT2D eigenvalue weighted by atomic mass is 9.74. The Bertz CT molecular complexity index is 1230. The third-order valence-corrected chi connectivity index (χ3v) is 7.94. The van der Waals surface area contributed by atoms with Crippen LogP contribution in [0.15, 0.2) is 66.2 Å². The van der Waals surface area contributed by atoms with Gasteiger partial charge in [0.2, 0.25) is 0 Å². The van der Waals surface area contributed by atoms with E-state index in [1.807, 2.05) is 0 Å². The summed E-state index contributed by atoms with van der Waals surface area (Å²) in [5.74, 6) is 2.00. The number of benzene rings is 2. The number of anilines is 4. The van der Waals surface area contributed by atoms with E-state index in [0.717, 1.165) is 37.3 Å². The molecule has 0 radical (unpaired) electrons. The van der Waals surface area contributed by atoms with Crippen LogP contribution >= 0.6 is 0 Å². The van der Waals surface area contributed by atoms with Gasteiger partial charge in [-0.2, -0.15) is 0 Å². The Hall–Kier alpha value is -3.14. The van der Waals surface area contributed by atoms with E-state index >= 15 is 0 Å². The highest BCUT2D eigenvalue weighted by Crippen LogP contribution is 2.53. The lowest BCUT2D eigenvalue weighted by molar-refractivity contribution is 0.497. The Morgan fingerprint density at radius 1 is 0.818 bits per heavy atom. The molecule has 0 bridgehead atoms. The molecule has 3 heterocycles. The van der Waals surface area contributed by atoms with E-state index in [2.05, 4.69) is 91.2 Å². The summed E-state index contributed by atoms with van der Waals surface area (Å²) in [7, 11) is 0. The van der Waals surface area contributed by atoms with Gasteiger partial charge in [0.05, 0.1) is 11.4 Å². The molecule has 0 amide bonds. The topological polar surface area (TPSA) is 32.3 Å². The maximum atomic E-state index is 5.32. The zero-order valence-corrected chi connectivity index (χ0v) is 19.9. The van der Waals surface area contributed by atoms with Gasteiger partial charge in [-0.1, -0.05) is 56.3 Å². The molecule has 3 aliphatic rings. The Kier molecular flexibility index (Phi) is 4.79. The zero-order valence-electron chi connectivity index (χ0n) is 19.9. The molecule has 2 aliphatic heterocycles. The van der Waals surface area contributed by atoms with Gasteiger partial charge in [0.25, 0.3) is 0 Å². The molecule has 0 fully saturated rings. The smallest absolute Gasteiger partial charge is 0.179 e. The number of para-hydroxylation sites is 2. The first-order valence-corrected chi connectivity index (χ1v) is 12.5. The summed E-state index contributed by atoms with van der Waals surface area (Å²) in [6.45, 7) is 6.94. The first-order valence-electron chi connectivity index (χ1n) is 12.5. The number of hydrogen-bond donors (Lipinski definition) is 0. The number of fused-ring (bicyclic) bond motifs is 6. The second-order valence-electron chi connectivity index (χ2n) is 9.69. The highest BCUT2D eigenvalue weighted by Gasteiger charge is 2.46. The second kappa shape index (κ2) is 7.72. The number of rotatable bonds is 3. The fourth-order valence-corrected chi connectivity index (χ4v) is 6.17. The standard InChI is InChI=1S/C29H32N4/c1-4-29(5-2)19-20(3)28-32(21-13-7-6-8-14-21)26-27(31-24-17-11-10-16-23(24)30-26)33(28)25-18-12-9-15-22(25)29/h6-9,12-15,18-19,28H,4-5,10-11,16-17H2,1-3H3. The van der Waals surface area contributed by atoms with Gasteiger partial charge >= 0.3 is 0 Å². The average Bonchev–Trinajstić information content (AvgIpc) is 3.15. The van der Waals surface area contributed by atoms with Crippen LogP contribution in [0.25, 0.3) is 0 Å². The van der Waals surface area contributed by atoms with Crippen molar-refractivity contribution in [2.45, 2.75) is 70.9 Å². The predicted molar refractivity (Wildman–Crippen MR) is 136 cm³/mol. The van der Waals surface area contributed by atoms with Crippen LogP contribution in [0.1, 0.15) is 63.4 Å². The van der Waals surface area contributed by atoms with E-state index in [-0.39, 0.29) is 11.6 Å². The third kappa shape index (κ3) is 2.96. The van der Waals surface area contributed by atoms with Crippen molar-refractivity contribution in [2.24, 2.45) is 0 Å². The van der Waals surface area contributed by atoms with Gasteiger partial charge in [0.1, 0.15) is 6.17 Å². The van der Waals surface area contributed by atoms with Gasteiger partial charge in [-0.25, -0.2) is 9.97 Å². The molecule has 1 aliphatic carbocycles. The molecule has 1 atom stereocenters. The van der Waals surface area contributed by atoms with Crippen LogP contribution in [-0.2, 0) is 18.3 Å². The van der Waals surface area contributed by atoms with Crippen LogP contribution in [-0.4, -0.2) is 16.1 Å². The summed E-state index contributed by atoms with van der Waals surface area (Å²) in [6.07, 6.45) is 9.20. The van der Waals surface area contributed by atoms with Crippen LogP contribution < -0.4 is 9.80 Å². The molecule has 1 unspecified atom stereocenters. The average molecular weight is 437 g/mol. The molecule has 3 aromatic rings. The molecule has 0 spiro atoms. The van der Waals surface area contributed by atoms with Gasteiger partial charge in [-0.05, 0) is 74.8 Å². The molecule has 0 saturated heterocycles. The molecular weight excluding hydrogens is 404 g/mol. The fourth-order valence-electron chi connectivity index (χ4n) is 6.17. The Morgan fingerprint density at radius 3 is 2.09 bits per heavy atom. The molecule has 4 nitrogen and oxygen atoms in total. The predicted octanol–water partition coefficient (Wildman–Crippen LogP) is 6.99. The maximum absolute atomic E-state index is 5.32. The lowest BCUT2D eigenvalue weighted by Crippen LogP contribution is -2.39. The normalized spacial score (nSPS) is 20.3. The largest absolute Gasteiger partial charge is 0.298 e. The highest BCUT2D eigenvalue weighted by molar-refractivity contribution is 5.87. The molecule has 0 N–H and O–H groups in total. The molecule has 2 aromatic carbocycles. The van der Waals surface area contributed by atoms with Crippen molar-refractivity contribution in [1.82, 2.24) is 9.97 Å². The summed E-state index contributed by atoms with van der Waals surface area (Å²) in [5, 5.41) is 0. The minimum atomic E-state index is 0.0230. The van der Waals surface area contributed by atoms with Crippen LogP contribution in [0, 0.1) is 0 Å². The second-order valence-corrected chi connectivity index (χ2v) is 9.69. The fraction of sp³-hybridized carbons (Fsp3) is 0.379. The van der Waals surface area contributed by atoms with Crippen molar-refractivity contribution in [1.29, 1.82) is 0 Å². The van der Waals surface area contributed by atoms with Crippen LogP contribution in [0.4, 0.5) is 23.0 Å². The van der Waals surface area contributed by atoms with Gasteiger partial charge in [0.15, 0.2) is 11.6 Å². The van der Waals surface area contributed by atoms with Crippen molar-refractivity contribution < 1.29 is 0 Å². The molecular formula is C29H32N4. The monoisotopic (exact) mass is 436 g/mol. The van der Waals surface area contributed by atoms with Crippen molar-refractivity contribution in [3.8, 4) is 0 Å². The summed E-state index contributed by atoms with van der Waals surface area (Å²) in [6, 6.07) is 19.7. The number of aromatic nitrogens is 2. The van der Waals surface area contributed by atoms with E-state index in [9.17, 15) is 0 Å². The maximum Gasteiger partial charge on any atom is 0.179 e. The Morgan fingerprint density at radius 2 is 1.42 bits per heavy atom. The van der Waals surface area contributed by atoms with Gasteiger partial charge in [0, 0.05) is 16.8 Å². The molecule has 0 saturated carbocycles. The lowest BCUT2D eigenvalue weighted by Gasteiger charge is -2.33. The summed E-state index contributed by atoms with van der Waals surface area (Å²) in [4.78, 5) is 15.5. The van der Waals surface area contributed by atoms with Crippen molar-refractivity contribution >= 4 is 23.0 Å². The summed E-state index contributed by atoms with van der Waals surface area (Å²) < 4.78 is 0. The van der Waals surface area contributed by atoms with Gasteiger partial charge in [-0.15, -0.1) is 0 Å². The molecule has 1 aromatic heterocycles. The first kappa shape index (κ1) is 20.5. The van der Waals surface area contributed by atoms with Gasteiger partial charge in [-0.3, -0.25) is 9.80 Å². The summed E-state index contributed by atoms with van der Waals surface area (Å²) >= 11 is 0. The van der Waals surface area contributed by atoms with E-state index in [1.165, 1.54) is 46.7 Å². The van der Waals surface area contributed by atoms with Crippen LogP contribution in [0.3, 0.4) is 0 Å². The van der Waals surface area contributed by atoms with Crippen molar-refractivity contribution in [2.75, 3.05) is 9.80 Å². The van der Waals surface area contributed by atoms with E-state index < -0.39 is 0 Å². The zero-order chi connectivity index (χ0) is 22.6. The third-order valence-electron chi connectivity index (χ3n) is 7.94. The molecule has 33 heavy (non-hydrogen) atoms.